The minimum absolute atomic E-state index is 0.416. The summed E-state index contributed by atoms with van der Waals surface area (Å²) in [5.41, 5.74) is 5.64. The van der Waals surface area contributed by atoms with E-state index in [0.717, 1.165) is 14.2 Å². The predicted octanol–water partition coefficient (Wildman–Crippen LogP) is 3.06. The Bertz CT molecular complexity index is 483. The lowest BCUT2D eigenvalue weighted by Gasteiger charge is -2.04. The quantitative estimate of drug-likeness (QED) is 0.900. The molecule has 0 unspecified atom stereocenters. The van der Waals surface area contributed by atoms with Crippen molar-refractivity contribution in [1.82, 2.24) is 4.37 Å². The van der Waals surface area contributed by atoms with E-state index in [1.807, 2.05) is 12.1 Å². The number of thiophene rings is 1. The van der Waals surface area contributed by atoms with Crippen LogP contribution in [0, 0.1) is 0 Å². The number of nitrogens with zero attached hydrogens (tertiary/aromatic N) is 1. The van der Waals surface area contributed by atoms with E-state index in [9.17, 15) is 0 Å². The summed E-state index contributed by atoms with van der Waals surface area (Å²) in [6.07, 6.45) is 0. The van der Waals surface area contributed by atoms with E-state index in [1.54, 1.807) is 18.4 Å². The lowest BCUT2D eigenvalue weighted by Crippen LogP contribution is -1.98. The van der Waals surface area contributed by atoms with Crippen molar-refractivity contribution in [3.63, 3.8) is 0 Å². The first-order valence-electron chi connectivity index (χ1n) is 4.48. The van der Waals surface area contributed by atoms with Crippen LogP contribution in [0.2, 0.25) is 4.34 Å². The van der Waals surface area contributed by atoms with E-state index in [0.29, 0.717) is 18.1 Å². The van der Waals surface area contributed by atoms with Gasteiger partial charge in [0.15, 0.2) is 16.6 Å². The molecule has 0 aliphatic heterocycles. The summed E-state index contributed by atoms with van der Waals surface area (Å²) in [7, 11) is 1.58. The van der Waals surface area contributed by atoms with Crippen LogP contribution >= 0.6 is 34.5 Å². The van der Waals surface area contributed by atoms with Gasteiger partial charge < -0.3 is 15.8 Å². The third-order valence-electron chi connectivity index (χ3n) is 1.93. The number of nitrogens with two attached hydrogens (primary N) is 1. The van der Waals surface area contributed by atoms with E-state index < -0.39 is 0 Å². The molecule has 0 amide bonds. The van der Waals surface area contributed by atoms with Gasteiger partial charge in [-0.25, -0.2) is 0 Å². The first-order chi connectivity index (χ1) is 7.70. The van der Waals surface area contributed by atoms with E-state index in [4.69, 9.17) is 22.1 Å². The number of methoxy groups -OCH3 is 1. The summed E-state index contributed by atoms with van der Waals surface area (Å²) in [5, 5.41) is 4.05. The topological polar surface area (TPSA) is 60.2 Å². The van der Waals surface area contributed by atoms with Crippen molar-refractivity contribution in [2.24, 2.45) is 0 Å². The Morgan fingerprint density at radius 1 is 1.56 bits per heavy atom. The normalized spacial score (nSPS) is 10.4. The van der Waals surface area contributed by atoms with Gasteiger partial charge in [0.2, 0.25) is 0 Å². The standard InChI is InChI=1S/C9H10ClN3OS2/c1-14-7-8(11)13-16-9(7)12-4-5-2-3-6(10)15-5/h2-3,12H,4H2,1H3,(H2,11,13). The Morgan fingerprint density at radius 2 is 2.38 bits per heavy atom. The second-order valence-corrected chi connectivity index (χ2v) is 5.56. The third-order valence-corrected chi connectivity index (χ3v) is 3.96. The van der Waals surface area contributed by atoms with E-state index >= 15 is 0 Å². The van der Waals surface area contributed by atoms with Crippen molar-refractivity contribution in [2.75, 3.05) is 18.2 Å². The second kappa shape index (κ2) is 4.90. The van der Waals surface area contributed by atoms with E-state index in [2.05, 4.69) is 9.69 Å². The zero-order valence-corrected chi connectivity index (χ0v) is 10.9. The van der Waals surface area contributed by atoms with Crippen LogP contribution < -0.4 is 15.8 Å². The number of anilines is 2. The molecule has 3 N–H and O–H groups in total. The Kier molecular flexibility index (Phi) is 3.52. The van der Waals surface area contributed by atoms with Gasteiger partial charge in [-0.3, -0.25) is 0 Å². The molecule has 0 saturated carbocycles. The molecule has 16 heavy (non-hydrogen) atoms. The molecule has 2 aromatic rings. The highest BCUT2D eigenvalue weighted by Crippen LogP contribution is 2.35. The fraction of sp³-hybridized carbons (Fsp3) is 0.222. The number of halogens is 1. The van der Waals surface area contributed by atoms with Gasteiger partial charge in [-0.2, -0.15) is 4.37 Å². The lowest BCUT2D eigenvalue weighted by atomic mass is 10.4. The van der Waals surface area contributed by atoms with Crippen LogP contribution in [0.15, 0.2) is 12.1 Å². The van der Waals surface area contributed by atoms with E-state index in [1.165, 1.54) is 11.5 Å². The summed E-state index contributed by atoms with van der Waals surface area (Å²) in [6.45, 7) is 0.690. The third kappa shape index (κ3) is 2.40. The van der Waals surface area contributed by atoms with Crippen molar-refractivity contribution in [3.8, 4) is 5.75 Å². The number of hydrogen-bond acceptors (Lipinski definition) is 6. The largest absolute Gasteiger partial charge is 0.490 e. The van der Waals surface area contributed by atoms with Crippen LogP contribution in [-0.2, 0) is 6.54 Å². The van der Waals surface area contributed by atoms with Crippen LogP contribution in [0.5, 0.6) is 5.75 Å². The highest BCUT2D eigenvalue weighted by atomic mass is 35.5. The molecule has 0 saturated heterocycles. The molecule has 0 aliphatic rings. The van der Waals surface area contributed by atoms with Gasteiger partial charge in [-0.1, -0.05) is 11.6 Å². The molecule has 0 fully saturated rings. The Balaban J connectivity index is 2.04. The Morgan fingerprint density at radius 3 is 3.00 bits per heavy atom. The monoisotopic (exact) mass is 275 g/mol. The van der Waals surface area contributed by atoms with Crippen LogP contribution in [0.25, 0.3) is 0 Å². The van der Waals surface area contributed by atoms with Crippen molar-refractivity contribution >= 4 is 45.3 Å². The van der Waals surface area contributed by atoms with E-state index in [-0.39, 0.29) is 0 Å². The molecule has 0 spiro atoms. The van der Waals surface area contributed by atoms with Crippen LogP contribution in [0.4, 0.5) is 10.8 Å². The predicted molar refractivity (Wildman–Crippen MR) is 69.7 cm³/mol. The molecule has 0 radical (unpaired) electrons. The Labute approximate surface area is 106 Å². The van der Waals surface area contributed by atoms with Crippen molar-refractivity contribution < 1.29 is 4.74 Å². The smallest absolute Gasteiger partial charge is 0.197 e. The maximum absolute atomic E-state index is 5.84. The SMILES string of the molecule is COc1c(N)nsc1NCc1ccc(Cl)s1. The Hall–Kier alpha value is -0.980. The zero-order valence-electron chi connectivity index (χ0n) is 8.49. The average molecular weight is 276 g/mol. The molecular weight excluding hydrogens is 266 g/mol. The van der Waals surface area contributed by atoms with Crippen LogP contribution in [-0.4, -0.2) is 11.5 Å². The number of aromatic nitrogens is 1. The summed E-state index contributed by atoms with van der Waals surface area (Å²) in [5.74, 6) is 1.02. The fourth-order valence-corrected chi connectivity index (χ4v) is 2.93. The van der Waals surface area contributed by atoms with Crippen LogP contribution in [0.3, 0.4) is 0 Å². The van der Waals surface area contributed by atoms with Gasteiger partial charge in [-0.15, -0.1) is 11.3 Å². The van der Waals surface area contributed by atoms with Crippen LogP contribution in [0.1, 0.15) is 4.88 Å². The number of hydrogen-bond donors (Lipinski definition) is 2. The van der Waals surface area contributed by atoms with Gasteiger partial charge >= 0.3 is 0 Å². The second-order valence-electron chi connectivity index (χ2n) is 2.99. The maximum Gasteiger partial charge on any atom is 0.197 e. The molecule has 4 nitrogen and oxygen atoms in total. The number of ether oxygens (including phenoxy) is 1. The zero-order chi connectivity index (χ0) is 11.5. The molecular formula is C9H10ClN3OS2. The minimum atomic E-state index is 0.416. The van der Waals surface area contributed by atoms with Gasteiger partial charge in [0.25, 0.3) is 0 Å². The first kappa shape index (κ1) is 11.5. The van der Waals surface area contributed by atoms with Crippen molar-refractivity contribution in [3.05, 3.63) is 21.3 Å². The number of nitrogens with one attached hydrogen (secondary N) is 1. The molecule has 86 valence electrons. The maximum atomic E-state index is 5.84. The fourth-order valence-electron chi connectivity index (χ4n) is 1.22. The molecule has 7 heteroatoms. The lowest BCUT2D eigenvalue weighted by molar-refractivity contribution is 0.419. The number of nitrogen functional groups attached to an aromatic ring is 1. The average Bonchev–Trinajstić information content (AvgIpc) is 2.82. The molecule has 0 atom stereocenters. The highest BCUT2D eigenvalue weighted by Gasteiger charge is 2.11. The van der Waals surface area contributed by atoms with Crippen molar-refractivity contribution in [1.29, 1.82) is 0 Å². The van der Waals surface area contributed by atoms with Gasteiger partial charge in [0.1, 0.15) is 0 Å². The minimum Gasteiger partial charge on any atom is -0.490 e. The summed E-state index contributed by atoms with van der Waals surface area (Å²) < 4.78 is 9.95. The van der Waals surface area contributed by atoms with Crippen molar-refractivity contribution in [2.45, 2.75) is 6.54 Å². The molecule has 2 heterocycles. The summed E-state index contributed by atoms with van der Waals surface area (Å²) >= 11 is 8.67. The summed E-state index contributed by atoms with van der Waals surface area (Å²) in [4.78, 5) is 1.15. The van der Waals surface area contributed by atoms with Gasteiger partial charge in [-0.05, 0) is 23.7 Å². The van der Waals surface area contributed by atoms with Gasteiger partial charge in [0, 0.05) is 4.88 Å². The molecule has 2 rings (SSSR count). The summed E-state index contributed by atoms with van der Waals surface area (Å²) in [6, 6.07) is 3.86. The molecule has 2 aromatic heterocycles. The first-order valence-corrected chi connectivity index (χ1v) is 6.44. The van der Waals surface area contributed by atoms with Gasteiger partial charge in [0.05, 0.1) is 18.0 Å². The molecule has 0 bridgehead atoms. The molecule has 0 aliphatic carbocycles. The highest BCUT2D eigenvalue weighted by molar-refractivity contribution is 7.16. The number of rotatable bonds is 4. The molecule has 0 aromatic carbocycles.